The average molecular weight is 219 g/mol. The van der Waals surface area contributed by atoms with Crippen molar-refractivity contribution in [3.8, 4) is 0 Å². The predicted octanol–water partition coefficient (Wildman–Crippen LogP) is 0.878. The van der Waals surface area contributed by atoms with Crippen molar-refractivity contribution in [1.82, 2.24) is 9.88 Å². The zero-order chi connectivity index (χ0) is 11.6. The van der Waals surface area contributed by atoms with E-state index in [1.807, 2.05) is 17.0 Å². The molecule has 4 nitrogen and oxygen atoms in total. The van der Waals surface area contributed by atoms with Crippen molar-refractivity contribution >= 4 is 5.91 Å². The van der Waals surface area contributed by atoms with Gasteiger partial charge in [-0.15, -0.1) is 0 Å². The molecule has 4 heteroatoms. The second-order valence-electron chi connectivity index (χ2n) is 4.40. The van der Waals surface area contributed by atoms with Crippen LogP contribution in [0.3, 0.4) is 0 Å². The monoisotopic (exact) mass is 219 g/mol. The molecule has 2 rings (SSSR count). The van der Waals surface area contributed by atoms with Crippen molar-refractivity contribution in [2.45, 2.75) is 25.3 Å². The molecule has 1 aromatic heterocycles. The van der Waals surface area contributed by atoms with Crippen molar-refractivity contribution in [1.29, 1.82) is 0 Å². The molecule has 1 aliphatic rings. The minimum absolute atomic E-state index is 0.136. The minimum Gasteiger partial charge on any atom is -0.343 e. The number of aromatic nitrogens is 1. The van der Waals surface area contributed by atoms with Crippen LogP contribution in [0.4, 0.5) is 0 Å². The van der Waals surface area contributed by atoms with Crippen molar-refractivity contribution in [3.63, 3.8) is 0 Å². The lowest BCUT2D eigenvalue weighted by Gasteiger charge is -2.39. The molecule has 0 atom stereocenters. The third-order valence-electron chi connectivity index (χ3n) is 3.36. The first-order chi connectivity index (χ1) is 7.62. The molecule has 1 aliphatic heterocycles. The Morgan fingerprint density at radius 1 is 1.38 bits per heavy atom. The van der Waals surface area contributed by atoms with Crippen LogP contribution in [0.25, 0.3) is 0 Å². The first-order valence-electron chi connectivity index (χ1n) is 5.57. The maximum atomic E-state index is 11.2. The van der Waals surface area contributed by atoms with Crippen molar-refractivity contribution in [2.75, 3.05) is 13.1 Å². The molecular formula is C12H17N3O. The fraction of sp³-hybridized carbons (Fsp3) is 0.500. The van der Waals surface area contributed by atoms with Gasteiger partial charge in [0.1, 0.15) is 0 Å². The lowest BCUT2D eigenvalue weighted by Crippen LogP contribution is -2.49. The van der Waals surface area contributed by atoms with Crippen LogP contribution in [0.2, 0.25) is 0 Å². The lowest BCUT2D eigenvalue weighted by molar-refractivity contribution is -0.130. The summed E-state index contributed by atoms with van der Waals surface area (Å²) in [6, 6.07) is 3.92. The highest BCUT2D eigenvalue weighted by molar-refractivity contribution is 5.73. The van der Waals surface area contributed by atoms with Crippen LogP contribution in [0.1, 0.15) is 25.3 Å². The fourth-order valence-corrected chi connectivity index (χ4v) is 2.19. The molecule has 0 bridgehead atoms. The van der Waals surface area contributed by atoms with Crippen molar-refractivity contribution < 1.29 is 4.79 Å². The van der Waals surface area contributed by atoms with E-state index in [0.29, 0.717) is 0 Å². The molecular weight excluding hydrogens is 202 g/mol. The van der Waals surface area contributed by atoms with E-state index >= 15 is 0 Å². The molecule has 16 heavy (non-hydrogen) atoms. The largest absolute Gasteiger partial charge is 0.343 e. The number of pyridine rings is 1. The smallest absolute Gasteiger partial charge is 0.219 e. The van der Waals surface area contributed by atoms with Gasteiger partial charge in [0.05, 0.1) is 0 Å². The Bertz CT molecular complexity index is 369. The van der Waals surface area contributed by atoms with Gasteiger partial charge in [-0.2, -0.15) is 0 Å². The molecule has 0 unspecified atom stereocenters. The lowest BCUT2D eigenvalue weighted by atomic mass is 9.82. The Balaban J connectivity index is 2.10. The summed E-state index contributed by atoms with van der Waals surface area (Å²) in [5.74, 6) is 0.136. The molecule has 2 N–H and O–H groups in total. The van der Waals surface area contributed by atoms with Crippen LogP contribution in [0, 0.1) is 0 Å². The summed E-state index contributed by atoms with van der Waals surface area (Å²) in [5.41, 5.74) is 7.20. The van der Waals surface area contributed by atoms with Gasteiger partial charge in [0.15, 0.2) is 0 Å². The number of piperidine rings is 1. The predicted molar refractivity (Wildman–Crippen MR) is 61.6 cm³/mol. The highest BCUT2D eigenvalue weighted by atomic mass is 16.2. The molecule has 0 saturated carbocycles. The van der Waals surface area contributed by atoms with E-state index in [2.05, 4.69) is 4.98 Å². The number of rotatable bonds is 1. The molecule has 1 fully saturated rings. The molecule has 86 valence electrons. The molecule has 0 spiro atoms. The van der Waals surface area contributed by atoms with Gasteiger partial charge in [-0.05, 0) is 30.5 Å². The number of hydrogen-bond acceptors (Lipinski definition) is 3. The SMILES string of the molecule is CC(=O)N1CCC(N)(c2ccncc2)CC1. The summed E-state index contributed by atoms with van der Waals surface area (Å²) in [7, 11) is 0. The molecule has 2 heterocycles. The maximum Gasteiger partial charge on any atom is 0.219 e. The average Bonchev–Trinajstić information content (AvgIpc) is 2.31. The van der Waals surface area contributed by atoms with E-state index < -0.39 is 0 Å². The number of amides is 1. The Morgan fingerprint density at radius 2 is 1.94 bits per heavy atom. The topological polar surface area (TPSA) is 59.2 Å². The molecule has 1 saturated heterocycles. The van der Waals surface area contributed by atoms with E-state index in [4.69, 9.17) is 5.73 Å². The summed E-state index contributed by atoms with van der Waals surface area (Å²) < 4.78 is 0. The van der Waals surface area contributed by atoms with Crippen LogP contribution in [-0.2, 0) is 10.3 Å². The Kier molecular flexibility index (Phi) is 2.92. The Labute approximate surface area is 95.5 Å². The summed E-state index contributed by atoms with van der Waals surface area (Å²) in [6.45, 7) is 3.10. The Hall–Kier alpha value is -1.42. The standard InChI is InChI=1S/C12H17N3O/c1-10(16)15-8-4-12(13,5-9-15)11-2-6-14-7-3-11/h2-3,6-7H,4-5,8-9,13H2,1H3. The van der Waals surface area contributed by atoms with Crippen LogP contribution in [0.15, 0.2) is 24.5 Å². The number of hydrogen-bond donors (Lipinski definition) is 1. The van der Waals surface area contributed by atoms with E-state index in [0.717, 1.165) is 31.5 Å². The van der Waals surface area contributed by atoms with Gasteiger partial charge in [-0.3, -0.25) is 9.78 Å². The van der Waals surface area contributed by atoms with E-state index in [1.165, 1.54) is 0 Å². The summed E-state index contributed by atoms with van der Waals surface area (Å²) in [4.78, 5) is 17.1. The fourth-order valence-electron chi connectivity index (χ4n) is 2.19. The molecule has 0 radical (unpaired) electrons. The zero-order valence-corrected chi connectivity index (χ0v) is 9.52. The molecule has 0 aromatic carbocycles. The van der Waals surface area contributed by atoms with Crippen molar-refractivity contribution in [2.24, 2.45) is 5.73 Å². The number of nitrogens with zero attached hydrogens (tertiary/aromatic N) is 2. The van der Waals surface area contributed by atoms with Gasteiger partial charge >= 0.3 is 0 Å². The number of carbonyl (C=O) groups is 1. The van der Waals surface area contributed by atoms with E-state index in [-0.39, 0.29) is 11.4 Å². The summed E-state index contributed by atoms with van der Waals surface area (Å²) >= 11 is 0. The van der Waals surface area contributed by atoms with Crippen LogP contribution in [0.5, 0.6) is 0 Å². The first kappa shape index (κ1) is 11.1. The van der Waals surface area contributed by atoms with Gasteiger partial charge < -0.3 is 10.6 Å². The highest BCUT2D eigenvalue weighted by Crippen LogP contribution is 2.29. The third-order valence-corrected chi connectivity index (χ3v) is 3.36. The second-order valence-corrected chi connectivity index (χ2v) is 4.40. The summed E-state index contributed by atoms with van der Waals surface area (Å²) in [5, 5.41) is 0. The van der Waals surface area contributed by atoms with Crippen molar-refractivity contribution in [3.05, 3.63) is 30.1 Å². The van der Waals surface area contributed by atoms with Gasteiger partial charge in [-0.25, -0.2) is 0 Å². The van der Waals surface area contributed by atoms with E-state index in [9.17, 15) is 4.79 Å². The van der Waals surface area contributed by atoms with Crippen LogP contribution in [-0.4, -0.2) is 28.9 Å². The van der Waals surface area contributed by atoms with Crippen LogP contribution < -0.4 is 5.73 Å². The van der Waals surface area contributed by atoms with Crippen LogP contribution >= 0.6 is 0 Å². The van der Waals surface area contributed by atoms with Gasteiger partial charge in [-0.1, -0.05) is 0 Å². The quantitative estimate of drug-likeness (QED) is 0.762. The molecule has 0 aliphatic carbocycles. The summed E-state index contributed by atoms with van der Waals surface area (Å²) in [6.07, 6.45) is 5.16. The third kappa shape index (κ3) is 2.07. The second kappa shape index (κ2) is 4.22. The first-order valence-corrected chi connectivity index (χ1v) is 5.57. The maximum absolute atomic E-state index is 11.2. The Morgan fingerprint density at radius 3 is 2.44 bits per heavy atom. The van der Waals surface area contributed by atoms with E-state index in [1.54, 1.807) is 19.3 Å². The van der Waals surface area contributed by atoms with Gasteiger partial charge in [0.25, 0.3) is 0 Å². The molecule has 1 amide bonds. The number of nitrogens with two attached hydrogens (primary N) is 1. The van der Waals surface area contributed by atoms with Gasteiger partial charge in [0.2, 0.25) is 5.91 Å². The normalized spacial score (nSPS) is 19.5. The number of carbonyl (C=O) groups excluding carboxylic acids is 1. The number of likely N-dealkylation sites (tertiary alicyclic amines) is 1. The minimum atomic E-state index is -0.297. The van der Waals surface area contributed by atoms with Gasteiger partial charge in [0, 0.05) is 37.9 Å². The zero-order valence-electron chi connectivity index (χ0n) is 9.52. The highest BCUT2D eigenvalue weighted by Gasteiger charge is 2.32. The molecule has 1 aromatic rings.